The Morgan fingerprint density at radius 1 is 1.31 bits per heavy atom. The molecule has 16 heavy (non-hydrogen) atoms. The van der Waals surface area contributed by atoms with E-state index in [0.29, 0.717) is 0 Å². The van der Waals surface area contributed by atoms with Crippen LogP contribution in [0.4, 0.5) is 0 Å². The van der Waals surface area contributed by atoms with Crippen LogP contribution in [0.25, 0.3) is 0 Å². The zero-order valence-electron chi connectivity index (χ0n) is 8.98. The number of carboxylic acid groups (broad SMARTS) is 1. The zero-order valence-corrected chi connectivity index (χ0v) is 8.98. The molecule has 0 bridgehead atoms. The van der Waals surface area contributed by atoms with Gasteiger partial charge in [0.15, 0.2) is 0 Å². The predicted molar refractivity (Wildman–Crippen MR) is 59.4 cm³/mol. The van der Waals surface area contributed by atoms with E-state index in [-0.39, 0.29) is 12.3 Å². The largest absolute Gasteiger partial charge is 0.476 e. The van der Waals surface area contributed by atoms with Gasteiger partial charge in [-0.1, -0.05) is 24.3 Å². The molecule has 0 saturated heterocycles. The highest BCUT2D eigenvalue weighted by Gasteiger charge is 2.24. The van der Waals surface area contributed by atoms with E-state index in [0.717, 1.165) is 24.8 Å². The summed E-state index contributed by atoms with van der Waals surface area (Å²) < 4.78 is 0. The normalized spacial score (nSPS) is 18.9. The van der Waals surface area contributed by atoms with E-state index >= 15 is 0 Å². The second kappa shape index (κ2) is 4.47. The van der Waals surface area contributed by atoms with Crippen LogP contribution in [0.2, 0.25) is 0 Å². The summed E-state index contributed by atoms with van der Waals surface area (Å²) in [6.07, 6.45) is 3.12. The average molecular weight is 218 g/mol. The van der Waals surface area contributed by atoms with Crippen LogP contribution in [0.5, 0.6) is 0 Å². The third kappa shape index (κ3) is 2.13. The summed E-state index contributed by atoms with van der Waals surface area (Å²) >= 11 is 0. The second-order valence-corrected chi connectivity index (χ2v) is 4.22. The van der Waals surface area contributed by atoms with Crippen molar-refractivity contribution in [1.82, 2.24) is 0 Å². The molecule has 1 aromatic rings. The summed E-state index contributed by atoms with van der Waals surface area (Å²) in [6, 6.07) is 8.00. The van der Waals surface area contributed by atoms with Crippen molar-refractivity contribution in [3.05, 3.63) is 35.4 Å². The van der Waals surface area contributed by atoms with Crippen molar-refractivity contribution in [2.24, 2.45) is 0 Å². The third-order valence-corrected chi connectivity index (χ3v) is 3.16. The molecule has 3 nitrogen and oxygen atoms in total. The Kier molecular flexibility index (Phi) is 3.04. The van der Waals surface area contributed by atoms with Crippen LogP contribution < -0.4 is 0 Å². The third-order valence-electron chi connectivity index (χ3n) is 3.16. The van der Waals surface area contributed by atoms with Gasteiger partial charge < -0.3 is 5.11 Å². The molecule has 1 aliphatic rings. The number of carbonyl (C=O) groups is 2. The summed E-state index contributed by atoms with van der Waals surface area (Å²) in [7, 11) is 0. The van der Waals surface area contributed by atoms with Crippen LogP contribution in [0.1, 0.15) is 36.3 Å². The van der Waals surface area contributed by atoms with Crippen LogP contribution >= 0.6 is 0 Å². The highest BCUT2D eigenvalue weighted by atomic mass is 16.4. The molecule has 1 unspecified atom stereocenters. The van der Waals surface area contributed by atoms with Gasteiger partial charge in [0, 0.05) is 6.42 Å². The summed E-state index contributed by atoms with van der Waals surface area (Å²) in [4.78, 5) is 21.8. The highest BCUT2D eigenvalue weighted by Crippen LogP contribution is 2.33. The molecule has 1 atom stereocenters. The van der Waals surface area contributed by atoms with Gasteiger partial charge in [-0.05, 0) is 36.3 Å². The zero-order chi connectivity index (χ0) is 11.5. The Labute approximate surface area is 94.1 Å². The number of aliphatic carboxylic acids is 1. The lowest BCUT2D eigenvalue weighted by atomic mass is 9.80. The minimum atomic E-state index is -1.32. The number of Topliss-reactive ketones (excluding diaryl/α,β-unsaturated/α-hetero) is 1. The number of fused-ring (bicyclic) bond motifs is 1. The number of rotatable bonds is 3. The van der Waals surface area contributed by atoms with Gasteiger partial charge >= 0.3 is 5.97 Å². The lowest BCUT2D eigenvalue weighted by Crippen LogP contribution is -2.19. The molecule has 0 radical (unpaired) electrons. The first-order valence-corrected chi connectivity index (χ1v) is 5.52. The van der Waals surface area contributed by atoms with Crippen LogP contribution in [-0.4, -0.2) is 16.9 Å². The maximum atomic E-state index is 11.2. The molecule has 0 aliphatic heterocycles. The molecule has 84 valence electrons. The molecular weight excluding hydrogens is 204 g/mol. The number of aryl methyl sites for hydroxylation is 1. The minimum absolute atomic E-state index is 0.0912. The molecule has 3 heteroatoms. The number of ketones is 1. The fraction of sp³-hybridized carbons (Fsp3) is 0.385. The van der Waals surface area contributed by atoms with Crippen molar-refractivity contribution < 1.29 is 14.7 Å². The maximum Gasteiger partial charge on any atom is 0.372 e. The molecular formula is C13H14O3. The van der Waals surface area contributed by atoms with Gasteiger partial charge in [-0.15, -0.1) is 0 Å². The van der Waals surface area contributed by atoms with Gasteiger partial charge in [0.25, 0.3) is 0 Å². The Balaban J connectivity index is 2.19. The van der Waals surface area contributed by atoms with E-state index < -0.39 is 11.8 Å². The monoisotopic (exact) mass is 218 g/mol. The smallest absolute Gasteiger partial charge is 0.372 e. The molecule has 0 amide bonds. The first kappa shape index (κ1) is 10.9. The Bertz CT molecular complexity index is 423. The van der Waals surface area contributed by atoms with Crippen LogP contribution in [0.15, 0.2) is 24.3 Å². The quantitative estimate of drug-likeness (QED) is 0.791. The standard InChI is InChI=1S/C13H14O3/c14-12(13(15)16)8-10-6-3-5-9-4-1-2-7-11(9)10/h1-2,4,7,10H,3,5-6,8H2,(H,15,16). The topological polar surface area (TPSA) is 54.4 Å². The average Bonchev–Trinajstić information content (AvgIpc) is 2.29. The van der Waals surface area contributed by atoms with Gasteiger partial charge in [-0.2, -0.15) is 0 Å². The van der Waals surface area contributed by atoms with E-state index in [1.165, 1.54) is 5.56 Å². The SMILES string of the molecule is O=C(O)C(=O)CC1CCCc2ccccc21. The molecule has 1 N–H and O–H groups in total. The van der Waals surface area contributed by atoms with Gasteiger partial charge in [0.2, 0.25) is 5.78 Å². The minimum Gasteiger partial charge on any atom is -0.476 e. The maximum absolute atomic E-state index is 11.2. The lowest BCUT2D eigenvalue weighted by molar-refractivity contribution is -0.149. The van der Waals surface area contributed by atoms with Crippen molar-refractivity contribution in [3.63, 3.8) is 0 Å². The fourth-order valence-electron chi connectivity index (χ4n) is 2.38. The molecule has 1 aromatic carbocycles. The van der Waals surface area contributed by atoms with Crippen molar-refractivity contribution in [3.8, 4) is 0 Å². The predicted octanol–water partition coefficient (Wildman–Crippen LogP) is 2.15. The summed E-state index contributed by atoms with van der Waals surface area (Å²) in [5.41, 5.74) is 2.42. The Hall–Kier alpha value is -1.64. The van der Waals surface area contributed by atoms with Crippen molar-refractivity contribution in [2.45, 2.75) is 31.6 Å². The number of carbonyl (C=O) groups excluding carboxylic acids is 1. The summed E-state index contributed by atoms with van der Waals surface area (Å²) in [5.74, 6) is -1.90. The van der Waals surface area contributed by atoms with Crippen molar-refractivity contribution in [2.75, 3.05) is 0 Å². The number of benzene rings is 1. The second-order valence-electron chi connectivity index (χ2n) is 4.22. The van der Waals surface area contributed by atoms with E-state index in [1.807, 2.05) is 18.2 Å². The summed E-state index contributed by atoms with van der Waals surface area (Å²) in [6.45, 7) is 0. The van der Waals surface area contributed by atoms with Crippen LogP contribution in [0, 0.1) is 0 Å². The van der Waals surface area contributed by atoms with Crippen molar-refractivity contribution >= 4 is 11.8 Å². The molecule has 0 fully saturated rings. The van der Waals surface area contributed by atoms with Gasteiger partial charge in [0.1, 0.15) is 0 Å². The van der Waals surface area contributed by atoms with Crippen LogP contribution in [-0.2, 0) is 16.0 Å². The molecule has 2 rings (SSSR count). The molecule has 1 aliphatic carbocycles. The first-order valence-electron chi connectivity index (χ1n) is 5.52. The number of hydrogen-bond acceptors (Lipinski definition) is 2. The molecule has 0 aromatic heterocycles. The van der Waals surface area contributed by atoms with Gasteiger partial charge in [-0.25, -0.2) is 4.79 Å². The molecule has 0 spiro atoms. The molecule has 0 saturated carbocycles. The van der Waals surface area contributed by atoms with Gasteiger partial charge in [-0.3, -0.25) is 4.79 Å². The van der Waals surface area contributed by atoms with E-state index in [1.54, 1.807) is 0 Å². The van der Waals surface area contributed by atoms with Gasteiger partial charge in [0.05, 0.1) is 0 Å². The van der Waals surface area contributed by atoms with E-state index in [4.69, 9.17) is 5.11 Å². The van der Waals surface area contributed by atoms with Crippen molar-refractivity contribution in [1.29, 1.82) is 0 Å². The number of carboxylic acids is 1. The van der Waals surface area contributed by atoms with E-state index in [2.05, 4.69) is 6.07 Å². The lowest BCUT2D eigenvalue weighted by Gasteiger charge is -2.24. The Morgan fingerprint density at radius 2 is 2.06 bits per heavy atom. The fourth-order valence-corrected chi connectivity index (χ4v) is 2.38. The Morgan fingerprint density at radius 3 is 2.81 bits per heavy atom. The highest BCUT2D eigenvalue weighted by molar-refractivity contribution is 6.32. The van der Waals surface area contributed by atoms with Crippen LogP contribution in [0.3, 0.4) is 0 Å². The van der Waals surface area contributed by atoms with E-state index in [9.17, 15) is 9.59 Å². The number of hydrogen-bond donors (Lipinski definition) is 1. The first-order chi connectivity index (χ1) is 7.68. The molecule has 0 heterocycles. The summed E-state index contributed by atoms with van der Waals surface area (Å²) in [5, 5.41) is 8.61.